The molecule has 1 spiro atoms. The Morgan fingerprint density at radius 3 is 2.57 bits per heavy atom. The predicted octanol–water partition coefficient (Wildman–Crippen LogP) is 4.12. The Bertz CT molecular complexity index is 769. The second-order valence-electron chi connectivity index (χ2n) is 5.92. The van der Waals surface area contributed by atoms with E-state index in [0.29, 0.717) is 17.2 Å². The zero-order valence-electron chi connectivity index (χ0n) is 12.5. The first-order valence-corrected chi connectivity index (χ1v) is 7.73. The molecule has 4 rings (SSSR count). The fourth-order valence-corrected chi connectivity index (χ4v) is 3.13. The van der Waals surface area contributed by atoms with Crippen LogP contribution in [0.3, 0.4) is 0 Å². The van der Waals surface area contributed by atoms with E-state index >= 15 is 0 Å². The molecule has 1 fully saturated rings. The number of amides is 1. The van der Waals surface area contributed by atoms with E-state index in [1.807, 2.05) is 0 Å². The molecule has 1 saturated carbocycles. The second-order valence-corrected chi connectivity index (χ2v) is 5.92. The van der Waals surface area contributed by atoms with Gasteiger partial charge in [0.15, 0.2) is 11.5 Å². The summed E-state index contributed by atoms with van der Waals surface area (Å²) in [5.74, 6) is -0.251. The van der Waals surface area contributed by atoms with Gasteiger partial charge in [0.25, 0.3) is 11.7 Å². The van der Waals surface area contributed by atoms with Gasteiger partial charge in [-0.1, -0.05) is 12.1 Å². The Morgan fingerprint density at radius 2 is 1.78 bits per heavy atom. The predicted molar refractivity (Wildman–Crippen MR) is 83.3 cm³/mol. The molecule has 5 heteroatoms. The largest absolute Gasteiger partial charge is 0.448 e. The highest BCUT2D eigenvalue weighted by atomic mass is 19.1. The first-order valence-electron chi connectivity index (χ1n) is 7.73. The summed E-state index contributed by atoms with van der Waals surface area (Å²) >= 11 is 0. The third-order valence-electron chi connectivity index (χ3n) is 4.28. The molecule has 1 aliphatic heterocycles. The summed E-state index contributed by atoms with van der Waals surface area (Å²) in [5, 5.41) is 2.69. The number of carbonyl (C=O) groups excluding carboxylic acids is 1. The van der Waals surface area contributed by atoms with Crippen LogP contribution < -0.4 is 14.8 Å². The fourth-order valence-electron chi connectivity index (χ4n) is 3.13. The molecule has 0 unspecified atom stereocenters. The molecule has 0 atom stereocenters. The topological polar surface area (TPSA) is 47.6 Å². The van der Waals surface area contributed by atoms with Crippen molar-refractivity contribution in [2.24, 2.45) is 0 Å². The maximum atomic E-state index is 13.7. The molecular formula is C18H16FNO3. The third kappa shape index (κ3) is 2.52. The van der Waals surface area contributed by atoms with Crippen molar-refractivity contribution in [3.8, 4) is 11.5 Å². The SMILES string of the molecule is O=C(Nc1ccc2c(c1)OC1(CCCC1)O2)c1ccccc1F. The molecule has 1 N–H and O–H groups in total. The van der Waals surface area contributed by atoms with Crippen molar-refractivity contribution < 1.29 is 18.7 Å². The Labute approximate surface area is 133 Å². The molecule has 23 heavy (non-hydrogen) atoms. The van der Waals surface area contributed by atoms with Gasteiger partial charge >= 0.3 is 0 Å². The van der Waals surface area contributed by atoms with Crippen molar-refractivity contribution in [2.75, 3.05) is 5.32 Å². The van der Waals surface area contributed by atoms with E-state index in [-0.39, 0.29) is 5.56 Å². The average Bonchev–Trinajstić information content (AvgIpc) is 3.13. The number of halogens is 1. The maximum absolute atomic E-state index is 13.7. The summed E-state index contributed by atoms with van der Waals surface area (Å²) in [6, 6.07) is 11.1. The van der Waals surface area contributed by atoms with Crippen LogP contribution in [0.4, 0.5) is 10.1 Å². The Kier molecular flexibility index (Phi) is 3.22. The maximum Gasteiger partial charge on any atom is 0.258 e. The first kappa shape index (κ1) is 14.1. The number of anilines is 1. The summed E-state index contributed by atoms with van der Waals surface area (Å²) < 4.78 is 25.5. The normalized spacial score (nSPS) is 17.4. The van der Waals surface area contributed by atoms with Crippen molar-refractivity contribution in [1.82, 2.24) is 0 Å². The number of benzene rings is 2. The van der Waals surface area contributed by atoms with Crippen LogP contribution in [0.15, 0.2) is 42.5 Å². The Hall–Kier alpha value is -2.56. The van der Waals surface area contributed by atoms with E-state index in [4.69, 9.17) is 9.47 Å². The lowest BCUT2D eigenvalue weighted by atomic mass is 10.2. The minimum absolute atomic E-state index is 0.0115. The van der Waals surface area contributed by atoms with E-state index in [2.05, 4.69) is 5.32 Å². The molecule has 0 bridgehead atoms. The molecule has 4 nitrogen and oxygen atoms in total. The van der Waals surface area contributed by atoms with Crippen molar-refractivity contribution in [3.05, 3.63) is 53.8 Å². The van der Waals surface area contributed by atoms with E-state index in [9.17, 15) is 9.18 Å². The highest BCUT2D eigenvalue weighted by molar-refractivity contribution is 6.04. The highest BCUT2D eigenvalue weighted by Gasteiger charge is 2.44. The Morgan fingerprint density at radius 1 is 1.04 bits per heavy atom. The Balaban J connectivity index is 1.54. The van der Waals surface area contributed by atoms with Crippen LogP contribution in [0.1, 0.15) is 36.0 Å². The molecule has 2 aliphatic rings. The summed E-state index contributed by atoms with van der Waals surface area (Å²) in [4.78, 5) is 12.2. The highest BCUT2D eigenvalue weighted by Crippen LogP contribution is 2.47. The lowest BCUT2D eigenvalue weighted by Gasteiger charge is -2.21. The lowest BCUT2D eigenvalue weighted by molar-refractivity contribution is -0.0716. The van der Waals surface area contributed by atoms with Crippen molar-refractivity contribution in [1.29, 1.82) is 0 Å². The van der Waals surface area contributed by atoms with Gasteiger partial charge in [-0.3, -0.25) is 4.79 Å². The number of fused-ring (bicyclic) bond motifs is 1. The molecule has 0 saturated heterocycles. The molecule has 2 aromatic rings. The first-order chi connectivity index (χ1) is 11.2. The van der Waals surface area contributed by atoms with Crippen molar-refractivity contribution >= 4 is 11.6 Å². The van der Waals surface area contributed by atoms with Crippen LogP contribution >= 0.6 is 0 Å². The van der Waals surface area contributed by atoms with Gasteiger partial charge in [0, 0.05) is 24.6 Å². The van der Waals surface area contributed by atoms with Gasteiger partial charge in [-0.2, -0.15) is 0 Å². The monoisotopic (exact) mass is 313 g/mol. The van der Waals surface area contributed by atoms with Crippen LogP contribution in [-0.2, 0) is 0 Å². The zero-order chi connectivity index (χ0) is 15.9. The molecule has 1 heterocycles. The smallest absolute Gasteiger partial charge is 0.258 e. The fraction of sp³-hybridized carbons (Fsp3) is 0.278. The van der Waals surface area contributed by atoms with Gasteiger partial charge in [0.05, 0.1) is 5.56 Å². The number of ether oxygens (including phenoxy) is 2. The van der Waals surface area contributed by atoms with Crippen LogP contribution in [-0.4, -0.2) is 11.7 Å². The number of carbonyl (C=O) groups is 1. The van der Waals surface area contributed by atoms with E-state index in [1.54, 1.807) is 30.3 Å². The van der Waals surface area contributed by atoms with E-state index in [1.165, 1.54) is 12.1 Å². The molecule has 1 amide bonds. The number of hydrogen-bond donors (Lipinski definition) is 1. The van der Waals surface area contributed by atoms with Crippen LogP contribution in [0, 0.1) is 5.82 Å². The number of nitrogens with one attached hydrogen (secondary N) is 1. The van der Waals surface area contributed by atoms with Gasteiger partial charge in [-0.25, -0.2) is 4.39 Å². The zero-order valence-corrected chi connectivity index (χ0v) is 12.5. The van der Waals surface area contributed by atoms with Crippen LogP contribution in [0.5, 0.6) is 11.5 Å². The standard InChI is InChI=1S/C18H16FNO3/c19-14-6-2-1-5-13(14)17(21)20-12-7-8-15-16(11-12)23-18(22-15)9-3-4-10-18/h1-2,5-8,11H,3-4,9-10H2,(H,20,21). The summed E-state index contributed by atoms with van der Waals surface area (Å²) in [6.07, 6.45) is 3.92. The van der Waals surface area contributed by atoms with Gasteiger partial charge in [-0.15, -0.1) is 0 Å². The van der Waals surface area contributed by atoms with E-state index in [0.717, 1.165) is 25.7 Å². The van der Waals surface area contributed by atoms with Crippen molar-refractivity contribution in [2.45, 2.75) is 31.5 Å². The molecule has 0 radical (unpaired) electrons. The average molecular weight is 313 g/mol. The van der Waals surface area contributed by atoms with Crippen LogP contribution in [0.2, 0.25) is 0 Å². The van der Waals surface area contributed by atoms with Crippen LogP contribution in [0.25, 0.3) is 0 Å². The molecule has 1 aliphatic carbocycles. The third-order valence-corrected chi connectivity index (χ3v) is 4.28. The van der Waals surface area contributed by atoms with Gasteiger partial charge in [-0.05, 0) is 37.1 Å². The summed E-state index contributed by atoms with van der Waals surface area (Å²) in [7, 11) is 0. The van der Waals surface area contributed by atoms with E-state index < -0.39 is 17.5 Å². The minimum atomic E-state index is -0.546. The lowest BCUT2D eigenvalue weighted by Crippen LogP contribution is -2.34. The molecule has 118 valence electrons. The quantitative estimate of drug-likeness (QED) is 0.907. The van der Waals surface area contributed by atoms with Gasteiger partial charge in [0.1, 0.15) is 5.82 Å². The summed E-state index contributed by atoms with van der Waals surface area (Å²) in [6.45, 7) is 0. The minimum Gasteiger partial charge on any atom is -0.448 e. The van der Waals surface area contributed by atoms with Crippen molar-refractivity contribution in [3.63, 3.8) is 0 Å². The molecular weight excluding hydrogens is 297 g/mol. The molecule has 2 aromatic carbocycles. The second kappa shape index (κ2) is 5.26. The van der Waals surface area contributed by atoms with Gasteiger partial charge < -0.3 is 14.8 Å². The molecule has 0 aromatic heterocycles. The number of hydrogen-bond acceptors (Lipinski definition) is 3. The summed E-state index contributed by atoms with van der Waals surface area (Å²) in [5.41, 5.74) is 0.563. The van der Waals surface area contributed by atoms with Gasteiger partial charge in [0.2, 0.25) is 0 Å². The number of rotatable bonds is 2.